The Bertz CT molecular complexity index is 228. The van der Waals surface area contributed by atoms with Crippen molar-refractivity contribution in [3.63, 3.8) is 0 Å². The fourth-order valence-corrected chi connectivity index (χ4v) is 2.35. The lowest BCUT2D eigenvalue weighted by Gasteiger charge is -2.32. The zero-order valence-corrected chi connectivity index (χ0v) is 10.4. The molecule has 0 amide bonds. The van der Waals surface area contributed by atoms with Crippen LogP contribution in [0.1, 0.15) is 59.3 Å². The molecule has 0 N–H and O–H groups in total. The van der Waals surface area contributed by atoms with Gasteiger partial charge in [-0.05, 0) is 58.3 Å². The minimum atomic E-state index is -0.00693. The van der Waals surface area contributed by atoms with Crippen LogP contribution in [0.25, 0.3) is 0 Å². The first-order valence-electron chi connectivity index (χ1n) is 6.15. The fraction of sp³-hybridized carbons (Fsp3) is 0.786. The summed E-state index contributed by atoms with van der Waals surface area (Å²) in [6, 6.07) is 0. The number of hydrogen-bond donors (Lipinski definition) is 0. The van der Waals surface area contributed by atoms with Crippen molar-refractivity contribution in [1.82, 2.24) is 0 Å². The smallest absolute Gasteiger partial charge is 0.125 e. The van der Waals surface area contributed by atoms with Gasteiger partial charge in [0.05, 0.1) is 0 Å². The summed E-state index contributed by atoms with van der Waals surface area (Å²) in [7, 11) is 0. The minimum Gasteiger partial charge on any atom is -0.303 e. The van der Waals surface area contributed by atoms with Crippen molar-refractivity contribution in [2.75, 3.05) is 0 Å². The molecule has 0 radical (unpaired) electrons. The van der Waals surface area contributed by atoms with Gasteiger partial charge < -0.3 is 4.79 Å². The van der Waals surface area contributed by atoms with Gasteiger partial charge in [0.25, 0.3) is 0 Å². The Hall–Kier alpha value is -0.590. The highest BCUT2D eigenvalue weighted by Gasteiger charge is 2.30. The van der Waals surface area contributed by atoms with E-state index in [-0.39, 0.29) is 5.41 Å². The van der Waals surface area contributed by atoms with Gasteiger partial charge in [0.2, 0.25) is 0 Å². The molecule has 1 saturated carbocycles. The van der Waals surface area contributed by atoms with E-state index in [4.69, 9.17) is 0 Å². The number of carbonyl (C=O) groups excluding carboxylic acids is 1. The van der Waals surface area contributed by atoms with E-state index >= 15 is 0 Å². The number of hydrogen-bond acceptors (Lipinski definition) is 1. The minimum absolute atomic E-state index is 0.00693. The van der Waals surface area contributed by atoms with E-state index in [2.05, 4.69) is 26.8 Å². The van der Waals surface area contributed by atoms with Crippen molar-refractivity contribution in [3.8, 4) is 0 Å². The van der Waals surface area contributed by atoms with Crippen molar-refractivity contribution >= 4 is 6.29 Å². The molecule has 0 aromatic rings. The standard InChI is InChI=1S/C14H24O/c1-12(2)5-4-6-13-7-9-14(3,11-15)10-8-13/h5,11,13H,4,6-10H2,1-3H3. The van der Waals surface area contributed by atoms with Gasteiger partial charge in [-0.3, -0.25) is 0 Å². The predicted molar refractivity (Wildman–Crippen MR) is 64.8 cm³/mol. The Morgan fingerprint density at radius 2 is 1.93 bits per heavy atom. The molecule has 0 aromatic carbocycles. The highest BCUT2D eigenvalue weighted by molar-refractivity contribution is 5.58. The van der Waals surface area contributed by atoms with E-state index in [9.17, 15) is 4.79 Å². The molecule has 0 bridgehead atoms. The summed E-state index contributed by atoms with van der Waals surface area (Å²) in [6.07, 6.45) is 10.7. The molecule has 0 aliphatic heterocycles. The molecule has 1 fully saturated rings. The average molecular weight is 208 g/mol. The highest BCUT2D eigenvalue weighted by atomic mass is 16.1. The molecule has 0 saturated heterocycles. The third-order valence-electron chi connectivity index (χ3n) is 3.66. The summed E-state index contributed by atoms with van der Waals surface area (Å²) in [6.45, 7) is 6.42. The molecule has 0 atom stereocenters. The van der Waals surface area contributed by atoms with E-state index in [0.717, 1.165) is 18.8 Å². The van der Waals surface area contributed by atoms with Crippen molar-refractivity contribution in [2.24, 2.45) is 11.3 Å². The van der Waals surface area contributed by atoms with Crippen LogP contribution in [-0.2, 0) is 4.79 Å². The molecule has 1 aliphatic rings. The Labute approximate surface area is 93.9 Å². The number of allylic oxidation sites excluding steroid dienone is 2. The topological polar surface area (TPSA) is 17.1 Å². The van der Waals surface area contributed by atoms with E-state index < -0.39 is 0 Å². The monoisotopic (exact) mass is 208 g/mol. The first-order chi connectivity index (χ1) is 7.06. The summed E-state index contributed by atoms with van der Waals surface area (Å²) in [4.78, 5) is 10.9. The molecular formula is C14H24O. The van der Waals surface area contributed by atoms with Crippen molar-refractivity contribution in [3.05, 3.63) is 11.6 Å². The first-order valence-corrected chi connectivity index (χ1v) is 6.15. The van der Waals surface area contributed by atoms with Crippen molar-refractivity contribution in [1.29, 1.82) is 0 Å². The van der Waals surface area contributed by atoms with Gasteiger partial charge in [0.15, 0.2) is 0 Å². The largest absolute Gasteiger partial charge is 0.303 e. The molecule has 1 heteroatoms. The summed E-state index contributed by atoms with van der Waals surface area (Å²) < 4.78 is 0. The third-order valence-corrected chi connectivity index (χ3v) is 3.66. The van der Waals surface area contributed by atoms with Crippen molar-refractivity contribution < 1.29 is 4.79 Å². The number of carbonyl (C=O) groups is 1. The van der Waals surface area contributed by atoms with Gasteiger partial charge in [0.1, 0.15) is 6.29 Å². The SMILES string of the molecule is CC(C)=CCCC1CCC(C)(C=O)CC1. The molecular weight excluding hydrogens is 184 g/mol. The zero-order valence-electron chi connectivity index (χ0n) is 10.4. The Kier molecular flexibility index (Phi) is 4.56. The number of aldehydes is 1. The second-order valence-corrected chi connectivity index (χ2v) is 5.57. The fourth-order valence-electron chi connectivity index (χ4n) is 2.35. The third kappa shape index (κ3) is 4.19. The molecule has 1 rings (SSSR count). The average Bonchev–Trinajstić information content (AvgIpc) is 2.21. The predicted octanol–water partition coefficient (Wildman–Crippen LogP) is 4.13. The van der Waals surface area contributed by atoms with Gasteiger partial charge in [-0.1, -0.05) is 18.6 Å². The van der Waals surface area contributed by atoms with Crippen LogP contribution in [0, 0.1) is 11.3 Å². The molecule has 1 nitrogen and oxygen atoms in total. The van der Waals surface area contributed by atoms with Crippen LogP contribution in [0.4, 0.5) is 0 Å². The van der Waals surface area contributed by atoms with E-state index in [0.29, 0.717) is 0 Å². The zero-order chi connectivity index (χ0) is 11.3. The van der Waals surface area contributed by atoms with Gasteiger partial charge >= 0.3 is 0 Å². The summed E-state index contributed by atoms with van der Waals surface area (Å²) >= 11 is 0. The highest BCUT2D eigenvalue weighted by Crippen LogP contribution is 2.38. The van der Waals surface area contributed by atoms with Gasteiger partial charge in [-0.2, -0.15) is 0 Å². The summed E-state index contributed by atoms with van der Waals surface area (Å²) in [5.74, 6) is 0.855. The Balaban J connectivity index is 2.26. The molecule has 0 heterocycles. The second-order valence-electron chi connectivity index (χ2n) is 5.57. The van der Waals surface area contributed by atoms with Gasteiger partial charge in [-0.15, -0.1) is 0 Å². The quantitative estimate of drug-likeness (QED) is 0.501. The Morgan fingerprint density at radius 1 is 1.33 bits per heavy atom. The lowest BCUT2D eigenvalue weighted by atomic mass is 9.71. The van der Waals surface area contributed by atoms with Crippen molar-refractivity contribution in [2.45, 2.75) is 59.3 Å². The maximum Gasteiger partial charge on any atom is 0.125 e. The van der Waals surface area contributed by atoms with Crippen LogP contribution < -0.4 is 0 Å². The van der Waals surface area contributed by atoms with Gasteiger partial charge in [-0.25, -0.2) is 0 Å². The van der Waals surface area contributed by atoms with E-state index in [1.807, 2.05) is 0 Å². The maximum absolute atomic E-state index is 10.9. The summed E-state index contributed by atoms with van der Waals surface area (Å²) in [5.41, 5.74) is 1.41. The van der Waals surface area contributed by atoms with Crippen LogP contribution in [0.3, 0.4) is 0 Å². The van der Waals surface area contributed by atoms with E-state index in [1.165, 1.54) is 37.5 Å². The normalized spacial score (nSPS) is 31.0. The Morgan fingerprint density at radius 3 is 2.40 bits per heavy atom. The molecule has 0 unspecified atom stereocenters. The summed E-state index contributed by atoms with van der Waals surface area (Å²) in [5, 5.41) is 0. The molecule has 0 aromatic heterocycles. The van der Waals surface area contributed by atoms with E-state index in [1.54, 1.807) is 0 Å². The molecule has 86 valence electrons. The van der Waals surface area contributed by atoms with Crippen LogP contribution in [0.15, 0.2) is 11.6 Å². The van der Waals surface area contributed by atoms with Crippen LogP contribution >= 0.6 is 0 Å². The molecule has 0 spiro atoms. The lowest BCUT2D eigenvalue weighted by molar-refractivity contribution is -0.117. The van der Waals surface area contributed by atoms with Crippen LogP contribution in [-0.4, -0.2) is 6.29 Å². The lowest BCUT2D eigenvalue weighted by Crippen LogP contribution is -2.25. The molecule has 1 aliphatic carbocycles. The second kappa shape index (κ2) is 5.48. The van der Waals surface area contributed by atoms with Gasteiger partial charge in [0, 0.05) is 5.41 Å². The maximum atomic E-state index is 10.9. The number of rotatable bonds is 4. The van der Waals surface area contributed by atoms with Crippen LogP contribution in [0.5, 0.6) is 0 Å². The molecule has 15 heavy (non-hydrogen) atoms. The first kappa shape index (κ1) is 12.5. The van der Waals surface area contributed by atoms with Crippen LogP contribution in [0.2, 0.25) is 0 Å².